The molecule has 0 bridgehead atoms. The minimum Gasteiger partial charge on any atom is -0.314 e. The maximum absolute atomic E-state index is 13.3. The summed E-state index contributed by atoms with van der Waals surface area (Å²) < 4.78 is 13.3. The van der Waals surface area contributed by atoms with Crippen molar-refractivity contribution < 1.29 is 4.39 Å². The van der Waals surface area contributed by atoms with Gasteiger partial charge in [-0.1, -0.05) is 37.4 Å². The molecule has 0 radical (unpaired) electrons. The molecule has 5 heteroatoms. The monoisotopic (exact) mass is 320 g/mol. The smallest absolute Gasteiger partial charge is 0.141 e. The van der Waals surface area contributed by atoms with Gasteiger partial charge in [0.2, 0.25) is 0 Å². The van der Waals surface area contributed by atoms with Crippen LogP contribution in [0.25, 0.3) is 0 Å². The molecule has 1 atom stereocenters. The summed E-state index contributed by atoms with van der Waals surface area (Å²) in [7, 11) is 0. The number of hydrogen-bond donors (Lipinski definition) is 1. The highest BCUT2D eigenvalue weighted by Gasteiger charge is 2.22. The summed E-state index contributed by atoms with van der Waals surface area (Å²) in [5.41, 5.74) is 1.14. The Kier molecular flexibility index (Phi) is 7.82. The Bertz CT molecular complexity index is 409. The Hall–Kier alpha value is -0.350. The molecule has 0 saturated carbocycles. The lowest BCUT2D eigenvalue weighted by atomic mass is 9.98. The van der Waals surface area contributed by atoms with Crippen LogP contribution >= 0.6 is 24.0 Å². The summed E-state index contributed by atoms with van der Waals surface area (Å²) in [6.07, 6.45) is 3.47. The van der Waals surface area contributed by atoms with Crippen LogP contribution in [0.3, 0.4) is 0 Å². The van der Waals surface area contributed by atoms with Crippen LogP contribution in [-0.2, 0) is 0 Å². The fourth-order valence-corrected chi connectivity index (χ4v) is 2.86. The molecule has 0 unspecified atom stereocenters. The van der Waals surface area contributed by atoms with Crippen LogP contribution in [0.4, 0.5) is 4.39 Å². The number of nitrogens with one attached hydrogen (secondary N) is 1. The topological polar surface area (TPSA) is 15.3 Å². The van der Waals surface area contributed by atoms with Crippen molar-refractivity contribution in [3.63, 3.8) is 0 Å². The summed E-state index contributed by atoms with van der Waals surface area (Å²) in [5.74, 6) is -0.333. The summed E-state index contributed by atoms with van der Waals surface area (Å²) in [5, 5.41) is 3.60. The van der Waals surface area contributed by atoms with Gasteiger partial charge in [0.15, 0.2) is 0 Å². The van der Waals surface area contributed by atoms with Crippen LogP contribution in [-0.4, -0.2) is 31.1 Å². The lowest BCUT2D eigenvalue weighted by molar-refractivity contribution is 0.163. The summed E-state index contributed by atoms with van der Waals surface area (Å²) >= 11 is 5.93. The quantitative estimate of drug-likeness (QED) is 0.880. The van der Waals surface area contributed by atoms with Crippen molar-refractivity contribution in [2.45, 2.75) is 32.2 Å². The minimum absolute atomic E-state index is 0. The highest BCUT2D eigenvalue weighted by molar-refractivity contribution is 6.30. The molecular weight excluding hydrogens is 298 g/mol. The highest BCUT2D eigenvalue weighted by atomic mass is 35.5. The average Bonchev–Trinajstić information content (AvgIpc) is 2.44. The first kappa shape index (κ1) is 17.7. The van der Waals surface area contributed by atoms with Gasteiger partial charge in [0.1, 0.15) is 5.82 Å². The van der Waals surface area contributed by atoms with Gasteiger partial charge < -0.3 is 5.32 Å². The third-order valence-electron chi connectivity index (χ3n) is 3.75. The largest absolute Gasteiger partial charge is 0.314 e. The minimum atomic E-state index is -0.333. The van der Waals surface area contributed by atoms with Gasteiger partial charge in [-0.2, -0.15) is 0 Å². The van der Waals surface area contributed by atoms with Crippen molar-refractivity contribution >= 4 is 24.0 Å². The van der Waals surface area contributed by atoms with E-state index in [2.05, 4.69) is 17.1 Å². The number of halogens is 3. The first-order valence-electron chi connectivity index (χ1n) is 7.12. The van der Waals surface area contributed by atoms with E-state index in [0.29, 0.717) is 6.04 Å². The van der Waals surface area contributed by atoms with Crippen molar-refractivity contribution in [2.75, 3.05) is 26.2 Å². The van der Waals surface area contributed by atoms with E-state index in [0.717, 1.165) is 38.2 Å². The molecule has 0 aromatic heterocycles. The number of piperazine rings is 1. The van der Waals surface area contributed by atoms with Gasteiger partial charge in [0, 0.05) is 32.2 Å². The summed E-state index contributed by atoms with van der Waals surface area (Å²) in [6.45, 7) is 6.34. The molecule has 0 spiro atoms. The van der Waals surface area contributed by atoms with Crippen molar-refractivity contribution in [1.29, 1.82) is 0 Å². The molecule has 1 aliphatic heterocycles. The van der Waals surface area contributed by atoms with E-state index in [1.165, 1.54) is 18.9 Å². The van der Waals surface area contributed by atoms with E-state index in [4.69, 9.17) is 11.6 Å². The number of nitrogens with zero attached hydrogens (tertiary/aromatic N) is 1. The predicted molar refractivity (Wildman–Crippen MR) is 85.4 cm³/mol. The van der Waals surface area contributed by atoms with Gasteiger partial charge in [-0.05, 0) is 24.1 Å². The van der Waals surface area contributed by atoms with Gasteiger partial charge in [0.25, 0.3) is 0 Å². The Morgan fingerprint density at radius 3 is 2.65 bits per heavy atom. The zero-order chi connectivity index (χ0) is 13.7. The van der Waals surface area contributed by atoms with E-state index in [1.807, 2.05) is 6.07 Å². The molecule has 2 nitrogen and oxygen atoms in total. The fraction of sp³-hybridized carbons (Fsp3) is 0.600. The second-order valence-electron chi connectivity index (χ2n) is 5.12. The first-order valence-corrected chi connectivity index (χ1v) is 7.50. The molecule has 0 aliphatic carbocycles. The zero-order valence-electron chi connectivity index (χ0n) is 11.9. The lowest BCUT2D eigenvalue weighted by Crippen LogP contribution is -2.45. The second-order valence-corrected chi connectivity index (χ2v) is 5.52. The SMILES string of the molecule is CCCC[C@H](c1ccc(F)c(Cl)c1)N1CCNCC1.Cl. The van der Waals surface area contributed by atoms with E-state index in [1.54, 1.807) is 6.07 Å². The molecule has 20 heavy (non-hydrogen) atoms. The molecule has 114 valence electrons. The van der Waals surface area contributed by atoms with Crippen LogP contribution in [0.2, 0.25) is 5.02 Å². The van der Waals surface area contributed by atoms with Gasteiger partial charge in [-0.15, -0.1) is 12.4 Å². The average molecular weight is 321 g/mol. The molecular formula is C15H23Cl2FN2. The van der Waals surface area contributed by atoms with Crippen molar-refractivity contribution in [3.8, 4) is 0 Å². The van der Waals surface area contributed by atoms with E-state index in [-0.39, 0.29) is 23.2 Å². The van der Waals surface area contributed by atoms with E-state index >= 15 is 0 Å². The number of hydrogen-bond acceptors (Lipinski definition) is 2. The van der Waals surface area contributed by atoms with E-state index < -0.39 is 0 Å². The summed E-state index contributed by atoms with van der Waals surface area (Å²) in [4.78, 5) is 2.48. The van der Waals surface area contributed by atoms with Crippen LogP contribution in [0, 0.1) is 5.82 Å². The Morgan fingerprint density at radius 1 is 1.35 bits per heavy atom. The lowest BCUT2D eigenvalue weighted by Gasteiger charge is -2.35. The van der Waals surface area contributed by atoms with Gasteiger partial charge in [0.05, 0.1) is 5.02 Å². The molecule has 1 heterocycles. The Labute approximate surface area is 132 Å². The predicted octanol–water partition coefficient (Wildman–Crippen LogP) is 4.04. The third kappa shape index (κ3) is 4.59. The fourth-order valence-electron chi connectivity index (χ4n) is 2.67. The van der Waals surface area contributed by atoms with Gasteiger partial charge in [-0.3, -0.25) is 4.90 Å². The molecule has 0 amide bonds. The van der Waals surface area contributed by atoms with Gasteiger partial charge in [-0.25, -0.2) is 4.39 Å². The first-order chi connectivity index (χ1) is 9.22. The van der Waals surface area contributed by atoms with E-state index in [9.17, 15) is 4.39 Å². The van der Waals surface area contributed by atoms with Crippen molar-refractivity contribution in [2.24, 2.45) is 0 Å². The molecule has 1 aromatic rings. The molecule has 2 rings (SSSR count). The number of benzene rings is 1. The molecule has 1 aliphatic rings. The Morgan fingerprint density at radius 2 is 2.05 bits per heavy atom. The van der Waals surface area contributed by atoms with Crippen LogP contribution in [0.15, 0.2) is 18.2 Å². The summed E-state index contributed by atoms with van der Waals surface area (Å²) in [6, 6.07) is 5.52. The molecule has 1 saturated heterocycles. The number of unbranched alkanes of at least 4 members (excludes halogenated alkanes) is 1. The highest BCUT2D eigenvalue weighted by Crippen LogP contribution is 2.29. The number of rotatable bonds is 5. The third-order valence-corrected chi connectivity index (χ3v) is 4.04. The standard InChI is InChI=1S/C15H22ClFN2.ClH/c1-2-3-4-15(19-9-7-18-8-10-19)12-5-6-14(17)13(16)11-12;/h5-6,11,15,18H,2-4,7-10H2,1H3;1H/t15-;/m1./s1. The van der Waals surface area contributed by atoms with Crippen molar-refractivity contribution in [3.05, 3.63) is 34.6 Å². The van der Waals surface area contributed by atoms with Crippen LogP contribution in [0.5, 0.6) is 0 Å². The zero-order valence-corrected chi connectivity index (χ0v) is 13.4. The maximum atomic E-state index is 13.3. The van der Waals surface area contributed by atoms with Crippen LogP contribution in [0.1, 0.15) is 37.8 Å². The second kappa shape index (κ2) is 8.83. The normalized spacial score (nSPS) is 17.6. The molecule has 1 aromatic carbocycles. The van der Waals surface area contributed by atoms with Crippen LogP contribution < -0.4 is 5.32 Å². The van der Waals surface area contributed by atoms with Crippen molar-refractivity contribution in [1.82, 2.24) is 10.2 Å². The molecule has 1 N–H and O–H groups in total. The maximum Gasteiger partial charge on any atom is 0.141 e. The Balaban J connectivity index is 0.00000200. The molecule has 1 fully saturated rings. The van der Waals surface area contributed by atoms with Gasteiger partial charge >= 0.3 is 0 Å².